The molecule has 0 saturated carbocycles. The first kappa shape index (κ1) is 24.3. The number of hydrogen-bond acceptors (Lipinski definition) is 9. The number of rotatable bonds is 7. The molecule has 32 heavy (non-hydrogen) atoms. The lowest BCUT2D eigenvalue weighted by atomic mass is 9.85. The average molecular weight is 502 g/mol. The molecule has 0 spiro atoms. The molecule has 3 rings (SSSR count). The molecule has 10 nitrogen and oxygen atoms in total. The van der Waals surface area contributed by atoms with Crippen LogP contribution in [0.15, 0.2) is 39.8 Å². The number of halogens is 1. The molecule has 0 aliphatic carbocycles. The Morgan fingerprint density at radius 2 is 1.91 bits per heavy atom. The Hall–Kier alpha value is -2.38. The minimum absolute atomic E-state index is 0.0634. The zero-order valence-electron chi connectivity index (χ0n) is 18.1. The van der Waals surface area contributed by atoms with E-state index in [0.29, 0.717) is 10.8 Å². The molecule has 0 aliphatic heterocycles. The summed E-state index contributed by atoms with van der Waals surface area (Å²) in [4.78, 5) is -0.281. The van der Waals surface area contributed by atoms with Gasteiger partial charge in [0.15, 0.2) is 16.9 Å². The van der Waals surface area contributed by atoms with Crippen LogP contribution in [0.4, 0.5) is 17.3 Å². The van der Waals surface area contributed by atoms with Gasteiger partial charge in [-0.25, -0.2) is 12.7 Å². The number of aromatic nitrogens is 2. The summed E-state index contributed by atoms with van der Waals surface area (Å²) < 4.78 is 51.5. The van der Waals surface area contributed by atoms with E-state index in [1.165, 1.54) is 38.6 Å². The third-order valence-electron chi connectivity index (χ3n) is 4.59. The number of benzene rings is 1. The maximum Gasteiger partial charge on any atom is 0.246 e. The lowest BCUT2D eigenvalue weighted by molar-refractivity contribution is 0.304. The maximum absolute atomic E-state index is 12.5. The van der Waals surface area contributed by atoms with Crippen molar-refractivity contribution in [3.8, 4) is 5.75 Å². The van der Waals surface area contributed by atoms with Crippen molar-refractivity contribution in [2.75, 3.05) is 24.7 Å². The van der Waals surface area contributed by atoms with Gasteiger partial charge in [0.2, 0.25) is 21.7 Å². The van der Waals surface area contributed by atoms with Crippen LogP contribution < -0.4 is 10.6 Å². The van der Waals surface area contributed by atoms with Crippen LogP contribution in [0.5, 0.6) is 5.75 Å². The zero-order chi connectivity index (χ0) is 23.8. The predicted octanol–water partition coefficient (Wildman–Crippen LogP) is 4.35. The van der Waals surface area contributed by atoms with Crippen LogP contribution in [-0.2, 0) is 10.0 Å². The van der Waals surface area contributed by atoms with Gasteiger partial charge in [0.25, 0.3) is 0 Å². The highest BCUT2D eigenvalue weighted by Gasteiger charge is 2.32. The number of anilines is 3. The topological polar surface area (TPSA) is 144 Å². The second-order valence-corrected chi connectivity index (χ2v) is 11.7. The van der Waals surface area contributed by atoms with Crippen LogP contribution in [-0.4, -0.2) is 45.2 Å². The SMILES string of the molecule is CN(C)S(=O)(=O)c1cccc(Nc2n[s+]([O-])nc2N[C@@H](c2cc(Cl)co2)C(C)(C)C)c1O. The normalized spacial score (nSPS) is 13.9. The van der Waals surface area contributed by atoms with Gasteiger partial charge in [-0.3, -0.25) is 0 Å². The fourth-order valence-electron chi connectivity index (χ4n) is 2.93. The van der Waals surface area contributed by atoms with Gasteiger partial charge in [0.1, 0.15) is 16.9 Å². The lowest BCUT2D eigenvalue weighted by Gasteiger charge is -2.29. The number of phenolic OH excluding ortho intramolecular Hbond substituents is 1. The third kappa shape index (κ3) is 4.99. The molecule has 1 aromatic carbocycles. The molecule has 0 bridgehead atoms. The molecule has 2 heterocycles. The Kier molecular flexibility index (Phi) is 6.72. The minimum atomic E-state index is -3.89. The standard InChI is InChI=1S/C19H24ClN5O5S2/c1-19(2,3)16(13-9-11(20)10-30-13)22-18-17(23-31(27)24-18)21-12-7-6-8-14(15(12)26)32(28,29)25(4)5/h6-10,16,26H,1-5H3,(H,21,23)(H,22,24)/t16-,31?/m0/s1. The van der Waals surface area contributed by atoms with Gasteiger partial charge in [0.05, 0.1) is 16.8 Å². The van der Waals surface area contributed by atoms with E-state index in [1.54, 1.807) is 6.07 Å². The van der Waals surface area contributed by atoms with Gasteiger partial charge in [-0.2, -0.15) is 0 Å². The van der Waals surface area contributed by atoms with Crippen molar-refractivity contribution >= 4 is 50.1 Å². The number of hydrogen-bond donors (Lipinski definition) is 3. The number of para-hydroxylation sites is 1. The summed E-state index contributed by atoms with van der Waals surface area (Å²) in [6.45, 7) is 5.91. The van der Waals surface area contributed by atoms with Crippen LogP contribution in [0.2, 0.25) is 5.02 Å². The average Bonchev–Trinajstić information content (AvgIpc) is 3.25. The predicted molar refractivity (Wildman–Crippen MR) is 122 cm³/mol. The molecule has 2 atom stereocenters. The summed E-state index contributed by atoms with van der Waals surface area (Å²) in [5.74, 6) is 0.288. The Morgan fingerprint density at radius 1 is 1.25 bits per heavy atom. The number of aromatic hydroxyl groups is 1. The van der Waals surface area contributed by atoms with E-state index < -0.39 is 33.0 Å². The smallest absolute Gasteiger partial charge is 0.246 e. The minimum Gasteiger partial charge on any atom is -0.546 e. The van der Waals surface area contributed by atoms with Gasteiger partial charge in [-0.15, -0.1) is 0 Å². The highest BCUT2D eigenvalue weighted by molar-refractivity contribution is 7.89. The van der Waals surface area contributed by atoms with Crippen molar-refractivity contribution in [1.29, 1.82) is 0 Å². The van der Waals surface area contributed by atoms with Crippen molar-refractivity contribution in [2.24, 2.45) is 5.41 Å². The molecule has 1 unspecified atom stereocenters. The first-order valence-corrected chi connectivity index (χ1v) is 12.3. The summed E-state index contributed by atoms with van der Waals surface area (Å²) in [6.07, 6.45) is 1.41. The van der Waals surface area contributed by atoms with Crippen molar-refractivity contribution in [1.82, 2.24) is 13.1 Å². The number of furan rings is 1. The van der Waals surface area contributed by atoms with E-state index >= 15 is 0 Å². The summed E-state index contributed by atoms with van der Waals surface area (Å²) in [6, 6.07) is 5.48. The zero-order valence-corrected chi connectivity index (χ0v) is 20.5. The summed E-state index contributed by atoms with van der Waals surface area (Å²) in [7, 11) is -1.16. The van der Waals surface area contributed by atoms with Crippen molar-refractivity contribution in [2.45, 2.75) is 31.7 Å². The fraction of sp³-hybridized carbons (Fsp3) is 0.368. The molecule has 3 N–H and O–H groups in total. The molecule has 0 fully saturated rings. The second-order valence-electron chi connectivity index (χ2n) is 8.29. The molecular formula is C19H24ClN5O5S2. The van der Waals surface area contributed by atoms with E-state index in [-0.39, 0.29) is 27.6 Å². The van der Waals surface area contributed by atoms with Gasteiger partial charge < -0.3 is 24.7 Å². The molecule has 0 amide bonds. The number of sulfonamides is 1. The quantitative estimate of drug-likeness (QED) is 0.318. The van der Waals surface area contributed by atoms with Gasteiger partial charge in [-0.1, -0.05) is 38.4 Å². The van der Waals surface area contributed by atoms with E-state index in [9.17, 15) is 18.1 Å². The molecule has 0 aliphatic rings. The Balaban J connectivity index is 1.98. The maximum atomic E-state index is 12.5. The number of nitrogens with zero attached hydrogens (tertiary/aromatic N) is 3. The Morgan fingerprint density at radius 3 is 2.47 bits per heavy atom. The lowest BCUT2D eigenvalue weighted by Crippen LogP contribution is -2.25. The molecule has 13 heteroatoms. The number of phenols is 1. The van der Waals surface area contributed by atoms with Gasteiger partial charge in [-0.05, 0) is 17.5 Å². The molecule has 3 aromatic rings. The summed E-state index contributed by atoms with van der Waals surface area (Å²) >= 11 is 4.10. The fourth-order valence-corrected chi connectivity index (χ4v) is 4.70. The second kappa shape index (κ2) is 8.87. The van der Waals surface area contributed by atoms with Crippen molar-refractivity contribution in [3.05, 3.63) is 41.3 Å². The van der Waals surface area contributed by atoms with Crippen LogP contribution >= 0.6 is 22.7 Å². The van der Waals surface area contributed by atoms with Crippen LogP contribution in [0.1, 0.15) is 32.6 Å². The molecule has 0 radical (unpaired) electrons. The van der Waals surface area contributed by atoms with E-state index in [0.717, 1.165) is 4.31 Å². The van der Waals surface area contributed by atoms with Gasteiger partial charge >= 0.3 is 0 Å². The highest BCUT2D eigenvalue weighted by Crippen LogP contribution is 2.41. The largest absolute Gasteiger partial charge is 0.546 e. The van der Waals surface area contributed by atoms with Crippen LogP contribution in [0, 0.1) is 5.41 Å². The van der Waals surface area contributed by atoms with Crippen molar-refractivity contribution in [3.63, 3.8) is 0 Å². The highest BCUT2D eigenvalue weighted by atomic mass is 35.5. The Labute approximate surface area is 194 Å². The van der Waals surface area contributed by atoms with Gasteiger partial charge in [0, 0.05) is 28.9 Å². The van der Waals surface area contributed by atoms with E-state index in [1.807, 2.05) is 20.8 Å². The summed E-state index contributed by atoms with van der Waals surface area (Å²) in [5.41, 5.74) is -0.297. The summed E-state index contributed by atoms with van der Waals surface area (Å²) in [5, 5.41) is 17.0. The van der Waals surface area contributed by atoms with Crippen molar-refractivity contribution < 1.29 is 22.5 Å². The molecule has 174 valence electrons. The van der Waals surface area contributed by atoms with E-state index in [4.69, 9.17) is 16.0 Å². The first-order chi connectivity index (χ1) is 14.8. The monoisotopic (exact) mass is 501 g/mol. The first-order valence-electron chi connectivity index (χ1n) is 9.42. The molecule has 2 aromatic heterocycles. The number of nitrogens with one attached hydrogen (secondary N) is 2. The molecule has 0 saturated heterocycles. The van der Waals surface area contributed by atoms with E-state index in [2.05, 4.69) is 19.4 Å². The Bertz CT molecular complexity index is 1220. The third-order valence-corrected chi connectivity index (χ3v) is 7.32. The van der Waals surface area contributed by atoms with Crippen LogP contribution in [0.25, 0.3) is 0 Å². The van der Waals surface area contributed by atoms with Crippen LogP contribution in [0.3, 0.4) is 0 Å². The molecular weight excluding hydrogens is 478 g/mol.